The summed E-state index contributed by atoms with van der Waals surface area (Å²) in [7, 11) is 1.78. The van der Waals surface area contributed by atoms with Gasteiger partial charge in [0, 0.05) is 18.4 Å². The molecule has 0 aliphatic heterocycles. The third-order valence-electron chi connectivity index (χ3n) is 4.68. The Morgan fingerprint density at radius 3 is 2.47 bits per heavy atom. The number of amides is 2. The summed E-state index contributed by atoms with van der Waals surface area (Å²) in [6, 6.07) is 13.1. The van der Waals surface area contributed by atoms with Crippen molar-refractivity contribution in [2.45, 2.75) is 32.3 Å². The van der Waals surface area contributed by atoms with Crippen LogP contribution in [-0.4, -0.2) is 38.9 Å². The molecular weight excluding hydrogens is 426 g/mol. The standard InChI is InChI=1S/C23H27N5O3S/c1-5-31-18-9-7-17(8-10-18)24-21(29)13-20-26-27-23(28(20)4)32-14-22(30)25-19-11-6-15(2)12-16(19)3/h6-12H,5,13-14H2,1-4H3,(H,24,29)(H,25,30). The summed E-state index contributed by atoms with van der Waals surface area (Å²) in [6.07, 6.45) is 0.0754. The van der Waals surface area contributed by atoms with Gasteiger partial charge in [-0.3, -0.25) is 9.59 Å². The van der Waals surface area contributed by atoms with E-state index < -0.39 is 0 Å². The molecule has 0 spiro atoms. The van der Waals surface area contributed by atoms with Gasteiger partial charge >= 0.3 is 0 Å². The molecule has 9 heteroatoms. The quantitative estimate of drug-likeness (QED) is 0.479. The first-order valence-electron chi connectivity index (χ1n) is 10.3. The lowest BCUT2D eigenvalue weighted by molar-refractivity contribution is -0.116. The van der Waals surface area contributed by atoms with Gasteiger partial charge in [0.2, 0.25) is 11.8 Å². The van der Waals surface area contributed by atoms with Crippen LogP contribution in [0.2, 0.25) is 0 Å². The number of hydrogen-bond donors (Lipinski definition) is 2. The molecule has 0 aliphatic rings. The van der Waals surface area contributed by atoms with Gasteiger partial charge < -0.3 is 19.9 Å². The van der Waals surface area contributed by atoms with Crippen molar-refractivity contribution in [2.75, 3.05) is 23.0 Å². The molecule has 0 aliphatic carbocycles. The van der Waals surface area contributed by atoms with E-state index in [-0.39, 0.29) is 24.0 Å². The molecule has 32 heavy (non-hydrogen) atoms. The van der Waals surface area contributed by atoms with Gasteiger partial charge in [-0.15, -0.1) is 10.2 Å². The Morgan fingerprint density at radius 1 is 1.03 bits per heavy atom. The molecule has 1 heterocycles. The number of hydrogen-bond acceptors (Lipinski definition) is 6. The summed E-state index contributed by atoms with van der Waals surface area (Å²) in [5.41, 5.74) is 3.64. The van der Waals surface area contributed by atoms with Crippen LogP contribution >= 0.6 is 11.8 Å². The zero-order chi connectivity index (χ0) is 23.1. The lowest BCUT2D eigenvalue weighted by Gasteiger charge is -2.09. The normalized spacial score (nSPS) is 10.6. The summed E-state index contributed by atoms with van der Waals surface area (Å²) >= 11 is 1.27. The number of benzene rings is 2. The molecule has 8 nitrogen and oxygen atoms in total. The number of ether oxygens (including phenoxy) is 1. The van der Waals surface area contributed by atoms with Crippen LogP contribution in [0, 0.1) is 13.8 Å². The summed E-state index contributed by atoms with van der Waals surface area (Å²) < 4.78 is 7.13. The Labute approximate surface area is 191 Å². The summed E-state index contributed by atoms with van der Waals surface area (Å²) in [5.74, 6) is 1.14. The first-order chi connectivity index (χ1) is 15.4. The predicted octanol–water partition coefficient (Wildman–Crippen LogP) is 3.74. The number of nitrogens with zero attached hydrogens (tertiary/aromatic N) is 3. The number of aryl methyl sites for hydroxylation is 2. The van der Waals surface area contributed by atoms with Crippen LogP contribution < -0.4 is 15.4 Å². The van der Waals surface area contributed by atoms with E-state index in [9.17, 15) is 9.59 Å². The number of aromatic nitrogens is 3. The van der Waals surface area contributed by atoms with E-state index in [0.29, 0.717) is 23.3 Å². The number of carbonyl (C=O) groups is 2. The lowest BCUT2D eigenvalue weighted by atomic mass is 10.1. The second-order valence-corrected chi connectivity index (χ2v) is 8.24. The van der Waals surface area contributed by atoms with Crippen molar-refractivity contribution in [3.63, 3.8) is 0 Å². The van der Waals surface area contributed by atoms with Crippen molar-refractivity contribution < 1.29 is 14.3 Å². The van der Waals surface area contributed by atoms with Gasteiger partial charge in [0.1, 0.15) is 11.6 Å². The Kier molecular flexibility index (Phi) is 7.88. The molecule has 168 valence electrons. The van der Waals surface area contributed by atoms with Gasteiger partial charge in [-0.25, -0.2) is 0 Å². The fourth-order valence-electron chi connectivity index (χ4n) is 3.04. The monoisotopic (exact) mass is 453 g/mol. The minimum absolute atomic E-state index is 0.0754. The van der Waals surface area contributed by atoms with Crippen LogP contribution in [0.15, 0.2) is 47.6 Å². The van der Waals surface area contributed by atoms with Gasteiger partial charge in [0.15, 0.2) is 5.16 Å². The summed E-state index contributed by atoms with van der Waals surface area (Å²) in [6.45, 7) is 6.48. The minimum atomic E-state index is -0.200. The summed E-state index contributed by atoms with van der Waals surface area (Å²) in [5, 5.41) is 14.5. The van der Waals surface area contributed by atoms with Crippen LogP contribution in [0.5, 0.6) is 5.75 Å². The molecule has 2 N–H and O–H groups in total. The Balaban J connectivity index is 1.52. The fraction of sp³-hybridized carbons (Fsp3) is 0.304. The minimum Gasteiger partial charge on any atom is -0.494 e. The molecule has 2 aromatic carbocycles. The molecular formula is C23H27N5O3S. The van der Waals surface area contributed by atoms with Gasteiger partial charge in [-0.05, 0) is 56.7 Å². The van der Waals surface area contributed by atoms with E-state index in [4.69, 9.17) is 4.74 Å². The van der Waals surface area contributed by atoms with Crippen molar-refractivity contribution >= 4 is 35.0 Å². The molecule has 1 aromatic heterocycles. The Hall–Kier alpha value is -3.33. The van der Waals surface area contributed by atoms with Gasteiger partial charge in [0.25, 0.3) is 0 Å². The van der Waals surface area contributed by atoms with Crippen molar-refractivity contribution in [3.8, 4) is 5.75 Å². The number of rotatable bonds is 9. The first kappa shape index (κ1) is 23.3. The highest BCUT2D eigenvalue weighted by Crippen LogP contribution is 2.20. The second kappa shape index (κ2) is 10.8. The van der Waals surface area contributed by atoms with E-state index in [2.05, 4.69) is 20.8 Å². The maximum Gasteiger partial charge on any atom is 0.234 e. The van der Waals surface area contributed by atoms with Crippen LogP contribution in [0.1, 0.15) is 23.9 Å². The molecule has 2 amide bonds. The maximum atomic E-state index is 12.4. The molecule has 0 fully saturated rings. The Bertz CT molecular complexity index is 1100. The molecule has 0 saturated carbocycles. The van der Waals surface area contributed by atoms with Crippen LogP contribution in [0.4, 0.5) is 11.4 Å². The van der Waals surface area contributed by atoms with Gasteiger partial charge in [0.05, 0.1) is 18.8 Å². The predicted molar refractivity (Wildman–Crippen MR) is 126 cm³/mol. The molecule has 0 bridgehead atoms. The third kappa shape index (κ3) is 6.34. The number of thioether (sulfide) groups is 1. The molecule has 0 atom stereocenters. The first-order valence-corrected chi connectivity index (χ1v) is 11.2. The molecule has 3 rings (SSSR count). The molecule has 0 radical (unpaired) electrons. The zero-order valence-corrected chi connectivity index (χ0v) is 19.5. The average Bonchev–Trinajstić information content (AvgIpc) is 3.09. The number of nitrogens with one attached hydrogen (secondary N) is 2. The van der Waals surface area contributed by atoms with E-state index in [1.807, 2.05) is 39.0 Å². The largest absolute Gasteiger partial charge is 0.494 e. The van der Waals surface area contributed by atoms with Crippen molar-refractivity contribution in [3.05, 3.63) is 59.4 Å². The molecule has 3 aromatic rings. The third-order valence-corrected chi connectivity index (χ3v) is 5.70. The van der Waals surface area contributed by atoms with Crippen molar-refractivity contribution in [1.29, 1.82) is 0 Å². The van der Waals surface area contributed by atoms with Crippen molar-refractivity contribution in [2.24, 2.45) is 7.05 Å². The van der Waals surface area contributed by atoms with Gasteiger partial charge in [-0.2, -0.15) is 0 Å². The highest BCUT2D eigenvalue weighted by Gasteiger charge is 2.15. The smallest absolute Gasteiger partial charge is 0.234 e. The zero-order valence-electron chi connectivity index (χ0n) is 18.6. The highest BCUT2D eigenvalue weighted by atomic mass is 32.2. The van der Waals surface area contributed by atoms with E-state index >= 15 is 0 Å². The SMILES string of the molecule is CCOc1ccc(NC(=O)Cc2nnc(SCC(=O)Nc3ccc(C)cc3C)n2C)cc1. The molecule has 0 unspecified atom stereocenters. The van der Waals surface area contributed by atoms with E-state index in [1.54, 1.807) is 35.9 Å². The van der Waals surface area contributed by atoms with E-state index in [0.717, 1.165) is 22.6 Å². The number of anilines is 2. The topological polar surface area (TPSA) is 98.1 Å². The second-order valence-electron chi connectivity index (χ2n) is 7.30. The van der Waals surface area contributed by atoms with E-state index in [1.165, 1.54) is 11.8 Å². The highest BCUT2D eigenvalue weighted by molar-refractivity contribution is 7.99. The maximum absolute atomic E-state index is 12.4. The van der Waals surface area contributed by atoms with Crippen molar-refractivity contribution in [1.82, 2.24) is 14.8 Å². The van der Waals surface area contributed by atoms with Gasteiger partial charge in [-0.1, -0.05) is 29.5 Å². The Morgan fingerprint density at radius 2 is 1.78 bits per heavy atom. The van der Waals surface area contributed by atoms with Crippen LogP contribution in [0.3, 0.4) is 0 Å². The van der Waals surface area contributed by atoms with Crippen LogP contribution in [-0.2, 0) is 23.1 Å². The fourth-order valence-corrected chi connectivity index (χ4v) is 3.77. The average molecular weight is 454 g/mol. The number of carbonyl (C=O) groups excluding carboxylic acids is 2. The summed E-state index contributed by atoms with van der Waals surface area (Å²) in [4.78, 5) is 24.7. The van der Waals surface area contributed by atoms with Crippen LogP contribution in [0.25, 0.3) is 0 Å². The lowest BCUT2D eigenvalue weighted by Crippen LogP contribution is -2.17. The molecule has 0 saturated heterocycles.